The zero-order valence-electron chi connectivity index (χ0n) is 8.38. The molecule has 0 atom stereocenters. The van der Waals surface area contributed by atoms with Crippen molar-refractivity contribution in [3.8, 4) is 6.07 Å². The van der Waals surface area contributed by atoms with Gasteiger partial charge in [0.1, 0.15) is 6.07 Å². The molecule has 6 heteroatoms. The molecule has 0 unspecified atom stereocenters. The number of hydrogen-bond acceptors (Lipinski definition) is 3. The molecule has 3 nitrogen and oxygen atoms in total. The van der Waals surface area contributed by atoms with Gasteiger partial charge in [-0.2, -0.15) is 18.4 Å². The number of nitrogens with zero attached hydrogens (tertiary/aromatic N) is 2. The lowest BCUT2D eigenvalue weighted by atomic mass is 10.2. The summed E-state index contributed by atoms with van der Waals surface area (Å²) in [7, 11) is 0. The van der Waals surface area contributed by atoms with Crippen LogP contribution in [0, 0.1) is 11.3 Å². The Balaban J connectivity index is 2.41. The zero-order valence-corrected chi connectivity index (χ0v) is 8.38. The van der Waals surface area contributed by atoms with Crippen LogP contribution in [0.5, 0.6) is 0 Å². The van der Waals surface area contributed by atoms with Crippen molar-refractivity contribution in [2.45, 2.75) is 19.0 Å². The summed E-state index contributed by atoms with van der Waals surface area (Å²) in [5.41, 5.74) is 0.654. The van der Waals surface area contributed by atoms with E-state index in [9.17, 15) is 13.2 Å². The van der Waals surface area contributed by atoms with E-state index < -0.39 is 12.6 Å². The fourth-order valence-corrected chi connectivity index (χ4v) is 1.15. The van der Waals surface area contributed by atoms with Crippen LogP contribution in [0.15, 0.2) is 18.3 Å². The van der Waals surface area contributed by atoms with Crippen LogP contribution < -0.4 is 5.32 Å². The quantitative estimate of drug-likeness (QED) is 0.807. The number of nitrogens with one attached hydrogen (secondary N) is 1. The number of anilines is 1. The van der Waals surface area contributed by atoms with E-state index in [1.807, 2.05) is 6.07 Å². The van der Waals surface area contributed by atoms with Crippen molar-refractivity contribution in [2.75, 3.05) is 11.9 Å². The fraction of sp³-hybridized carbons (Fsp3) is 0.400. The highest BCUT2D eigenvalue weighted by Crippen LogP contribution is 2.21. The van der Waals surface area contributed by atoms with Crippen LogP contribution in [-0.2, 0) is 0 Å². The third-order valence-electron chi connectivity index (χ3n) is 1.87. The molecule has 0 aliphatic carbocycles. The predicted octanol–water partition coefficient (Wildman–Crippen LogP) is 2.71. The molecule has 1 aromatic rings. The Bertz CT molecular complexity index is 382. The molecule has 0 aromatic carbocycles. The highest BCUT2D eigenvalue weighted by molar-refractivity contribution is 5.53. The van der Waals surface area contributed by atoms with Crippen molar-refractivity contribution in [1.29, 1.82) is 5.26 Å². The summed E-state index contributed by atoms with van der Waals surface area (Å²) < 4.78 is 35.5. The van der Waals surface area contributed by atoms with Gasteiger partial charge >= 0.3 is 6.18 Å². The summed E-state index contributed by atoms with van der Waals surface area (Å²) >= 11 is 0. The molecule has 0 radical (unpaired) electrons. The second-order valence-corrected chi connectivity index (χ2v) is 3.16. The molecular formula is C10H10F3N3. The first-order valence-corrected chi connectivity index (χ1v) is 4.68. The van der Waals surface area contributed by atoms with E-state index in [0.29, 0.717) is 5.69 Å². The van der Waals surface area contributed by atoms with Gasteiger partial charge in [0, 0.05) is 19.2 Å². The fourth-order valence-electron chi connectivity index (χ4n) is 1.15. The molecule has 0 saturated carbocycles. The van der Waals surface area contributed by atoms with Gasteiger partial charge in [-0.05, 0) is 18.6 Å². The van der Waals surface area contributed by atoms with Gasteiger partial charge in [-0.1, -0.05) is 0 Å². The van der Waals surface area contributed by atoms with Crippen molar-refractivity contribution in [2.24, 2.45) is 0 Å². The van der Waals surface area contributed by atoms with Crippen molar-refractivity contribution in [3.63, 3.8) is 0 Å². The van der Waals surface area contributed by atoms with Crippen molar-refractivity contribution >= 4 is 5.69 Å². The lowest BCUT2D eigenvalue weighted by molar-refractivity contribution is -0.134. The highest BCUT2D eigenvalue weighted by atomic mass is 19.4. The van der Waals surface area contributed by atoms with Gasteiger partial charge in [-0.25, -0.2) is 4.98 Å². The Kier molecular flexibility index (Phi) is 4.11. The maximum atomic E-state index is 11.8. The Hall–Kier alpha value is -1.77. The molecule has 0 spiro atoms. The monoisotopic (exact) mass is 229 g/mol. The van der Waals surface area contributed by atoms with E-state index in [0.717, 1.165) is 0 Å². The third-order valence-corrected chi connectivity index (χ3v) is 1.87. The average Bonchev–Trinajstić information content (AvgIpc) is 2.23. The Labute approximate surface area is 90.9 Å². The number of hydrogen-bond donors (Lipinski definition) is 1. The smallest absolute Gasteiger partial charge is 0.383 e. The van der Waals surface area contributed by atoms with Gasteiger partial charge in [0.15, 0.2) is 5.69 Å². The van der Waals surface area contributed by atoms with E-state index >= 15 is 0 Å². The summed E-state index contributed by atoms with van der Waals surface area (Å²) in [6.45, 7) is 0.167. The van der Waals surface area contributed by atoms with Gasteiger partial charge in [-0.3, -0.25) is 0 Å². The molecule has 16 heavy (non-hydrogen) atoms. The minimum absolute atomic E-state index is 0.0245. The average molecular weight is 229 g/mol. The molecule has 86 valence electrons. The number of nitriles is 1. The number of rotatable bonds is 4. The Morgan fingerprint density at radius 2 is 2.19 bits per heavy atom. The van der Waals surface area contributed by atoms with E-state index in [2.05, 4.69) is 10.3 Å². The van der Waals surface area contributed by atoms with Gasteiger partial charge in [-0.15, -0.1) is 0 Å². The second kappa shape index (κ2) is 5.35. The standard InChI is InChI=1S/C10H10F3N3/c11-10(12,13)4-2-6-15-8-3-1-5-16-9(8)7-14/h1,3,5,15H,2,4,6H2. The van der Waals surface area contributed by atoms with Crippen LogP contribution in [-0.4, -0.2) is 17.7 Å². The first-order chi connectivity index (χ1) is 7.53. The lowest BCUT2D eigenvalue weighted by Crippen LogP contribution is -2.11. The predicted molar refractivity (Wildman–Crippen MR) is 52.7 cm³/mol. The van der Waals surface area contributed by atoms with Crippen molar-refractivity contribution < 1.29 is 13.2 Å². The molecule has 1 N–H and O–H groups in total. The second-order valence-electron chi connectivity index (χ2n) is 3.16. The zero-order chi connectivity index (χ0) is 12.0. The molecule has 0 aliphatic heterocycles. The molecule has 1 rings (SSSR count). The molecule has 0 amide bonds. The van der Waals surface area contributed by atoms with Crippen LogP contribution in [0.2, 0.25) is 0 Å². The number of pyridine rings is 1. The summed E-state index contributed by atoms with van der Waals surface area (Å²) in [4.78, 5) is 3.78. The van der Waals surface area contributed by atoms with Crippen LogP contribution in [0.1, 0.15) is 18.5 Å². The van der Waals surface area contributed by atoms with E-state index in [4.69, 9.17) is 5.26 Å². The minimum atomic E-state index is -4.13. The molecular weight excluding hydrogens is 219 g/mol. The molecule has 0 saturated heterocycles. The Morgan fingerprint density at radius 3 is 2.81 bits per heavy atom. The largest absolute Gasteiger partial charge is 0.389 e. The SMILES string of the molecule is N#Cc1ncccc1NCCCC(F)(F)F. The lowest BCUT2D eigenvalue weighted by Gasteiger charge is -2.08. The summed E-state index contributed by atoms with van der Waals surface area (Å²) in [5, 5.41) is 11.4. The first-order valence-electron chi connectivity index (χ1n) is 4.68. The van der Waals surface area contributed by atoms with Crippen LogP contribution in [0.25, 0.3) is 0 Å². The molecule has 1 heterocycles. The van der Waals surface area contributed by atoms with Crippen molar-refractivity contribution in [1.82, 2.24) is 4.98 Å². The molecule has 1 aromatic heterocycles. The molecule has 0 fully saturated rings. The summed E-state index contributed by atoms with van der Waals surface area (Å²) in [6, 6.07) is 5.09. The van der Waals surface area contributed by atoms with E-state index in [-0.39, 0.29) is 18.7 Å². The van der Waals surface area contributed by atoms with Crippen LogP contribution in [0.3, 0.4) is 0 Å². The number of alkyl halides is 3. The van der Waals surface area contributed by atoms with Crippen molar-refractivity contribution in [3.05, 3.63) is 24.0 Å². The maximum Gasteiger partial charge on any atom is 0.389 e. The third kappa shape index (κ3) is 4.17. The first kappa shape index (κ1) is 12.3. The van der Waals surface area contributed by atoms with Gasteiger partial charge < -0.3 is 5.32 Å². The summed E-state index contributed by atoms with van der Waals surface area (Å²) in [6.07, 6.45) is -3.53. The van der Waals surface area contributed by atoms with E-state index in [1.54, 1.807) is 12.1 Å². The Morgan fingerprint density at radius 1 is 1.44 bits per heavy atom. The van der Waals surface area contributed by atoms with Crippen LogP contribution >= 0.6 is 0 Å². The van der Waals surface area contributed by atoms with Crippen LogP contribution in [0.4, 0.5) is 18.9 Å². The number of halogens is 3. The topological polar surface area (TPSA) is 48.7 Å². The minimum Gasteiger partial charge on any atom is -0.383 e. The normalized spacial score (nSPS) is 10.9. The van der Waals surface area contributed by atoms with E-state index in [1.165, 1.54) is 6.20 Å². The van der Waals surface area contributed by atoms with Gasteiger partial charge in [0.2, 0.25) is 0 Å². The maximum absolute atomic E-state index is 11.8. The highest BCUT2D eigenvalue weighted by Gasteiger charge is 2.25. The molecule has 0 aliphatic rings. The summed E-state index contributed by atoms with van der Waals surface area (Å²) in [5.74, 6) is 0. The van der Waals surface area contributed by atoms with Gasteiger partial charge in [0.05, 0.1) is 5.69 Å². The van der Waals surface area contributed by atoms with Gasteiger partial charge in [0.25, 0.3) is 0 Å². The number of aromatic nitrogens is 1. The molecule has 0 bridgehead atoms.